The average molecular weight is 289 g/mol. The molecule has 0 heterocycles. The van der Waals surface area contributed by atoms with E-state index >= 15 is 0 Å². The van der Waals surface area contributed by atoms with E-state index in [-0.39, 0.29) is 63.9 Å². The molecule has 0 unspecified atom stereocenters. The summed E-state index contributed by atoms with van der Waals surface area (Å²) in [6, 6.07) is 0. The van der Waals surface area contributed by atoms with Crippen molar-refractivity contribution >= 4 is 5.91 Å². The molecule has 0 aromatic rings. The smallest absolute Gasteiger partial charge is 0.854 e. The Morgan fingerprint density at radius 1 is 1.26 bits per heavy atom. The number of allylic oxidation sites excluding steroid dienone is 5. The van der Waals surface area contributed by atoms with Crippen molar-refractivity contribution in [2.45, 2.75) is 39.0 Å². The maximum absolute atomic E-state index is 11.5. The number of rotatable bonds is 10. The van der Waals surface area contributed by atoms with E-state index in [1.54, 1.807) is 6.08 Å². The van der Waals surface area contributed by atoms with Crippen LogP contribution < -0.4 is 61.8 Å². The van der Waals surface area contributed by atoms with Crippen molar-refractivity contribution in [3.8, 4) is 0 Å². The number of carbonyl (C=O) groups excluding carboxylic acids is 1. The van der Waals surface area contributed by atoms with Crippen molar-refractivity contribution in [2.75, 3.05) is 13.2 Å². The molecule has 0 rings (SSSR count). The molecule has 0 saturated heterocycles. The van der Waals surface area contributed by atoms with Crippen molar-refractivity contribution < 1.29 is 61.3 Å². The van der Waals surface area contributed by atoms with Gasteiger partial charge >= 0.3 is 51.4 Å². The maximum Gasteiger partial charge on any atom is 1.00 e. The number of amides is 1. The van der Waals surface area contributed by atoms with E-state index < -0.39 is 0 Å². The third-order valence-corrected chi connectivity index (χ3v) is 2.55. The first-order valence-corrected chi connectivity index (χ1v) is 6.53. The zero-order valence-corrected chi connectivity index (χ0v) is 15.4. The van der Waals surface area contributed by atoms with Crippen LogP contribution in [0, 0.1) is 0 Å². The van der Waals surface area contributed by atoms with Gasteiger partial charge in [-0.15, -0.1) is 6.61 Å². The second-order valence-corrected chi connectivity index (χ2v) is 4.09. The standard InChI is InChI=1S/C15H24NO2.K/c1-3-5-9-14(4-2)10-11-15(18)16-12-7-6-8-13-17;/h3-5,9H,2,6-8,10-13H2,1H3,(H,16,18);/q-1;+1/b5-3-,14-9+;. The minimum absolute atomic E-state index is 0. The molecule has 0 aromatic carbocycles. The van der Waals surface area contributed by atoms with Gasteiger partial charge in [-0.2, -0.15) is 0 Å². The number of carbonyl (C=O) groups is 1. The molecule has 0 aromatic heterocycles. The van der Waals surface area contributed by atoms with E-state index in [4.69, 9.17) is 0 Å². The van der Waals surface area contributed by atoms with E-state index in [2.05, 4.69) is 11.9 Å². The fraction of sp³-hybridized carbons (Fsp3) is 0.533. The van der Waals surface area contributed by atoms with Gasteiger partial charge in [-0.1, -0.05) is 43.7 Å². The van der Waals surface area contributed by atoms with Gasteiger partial charge in [-0.05, 0) is 25.3 Å². The molecule has 102 valence electrons. The minimum Gasteiger partial charge on any atom is -0.854 e. The predicted molar refractivity (Wildman–Crippen MR) is 74.1 cm³/mol. The fourth-order valence-corrected chi connectivity index (χ4v) is 1.45. The summed E-state index contributed by atoms with van der Waals surface area (Å²) in [6.07, 6.45) is 11.3. The number of hydrogen-bond donors (Lipinski definition) is 1. The number of nitrogens with one attached hydrogen (secondary N) is 1. The first kappa shape index (κ1) is 21.6. The van der Waals surface area contributed by atoms with Crippen LogP contribution in [0.4, 0.5) is 0 Å². The van der Waals surface area contributed by atoms with Crippen LogP contribution in [0.1, 0.15) is 39.0 Å². The first-order chi connectivity index (χ1) is 8.74. The Bertz CT molecular complexity index is 299. The molecular weight excluding hydrogens is 265 g/mol. The van der Waals surface area contributed by atoms with Crippen LogP contribution in [0.25, 0.3) is 0 Å². The summed E-state index contributed by atoms with van der Waals surface area (Å²) in [5.74, 6) is 0.0605. The summed E-state index contributed by atoms with van der Waals surface area (Å²) >= 11 is 0. The zero-order chi connectivity index (χ0) is 13.6. The van der Waals surface area contributed by atoms with Crippen molar-refractivity contribution in [1.29, 1.82) is 0 Å². The Labute approximate surface area is 159 Å². The van der Waals surface area contributed by atoms with Crippen molar-refractivity contribution in [1.82, 2.24) is 5.32 Å². The average Bonchev–Trinajstić information content (AvgIpc) is 2.39. The molecule has 0 radical (unpaired) electrons. The molecular formula is C15H24KNO2. The van der Waals surface area contributed by atoms with Crippen LogP contribution in [0.5, 0.6) is 0 Å². The fourth-order valence-electron chi connectivity index (χ4n) is 1.45. The van der Waals surface area contributed by atoms with Gasteiger partial charge in [0.05, 0.1) is 0 Å². The third kappa shape index (κ3) is 14.5. The number of hydrogen-bond acceptors (Lipinski definition) is 2. The molecule has 4 heteroatoms. The van der Waals surface area contributed by atoms with Gasteiger partial charge in [0.15, 0.2) is 0 Å². The van der Waals surface area contributed by atoms with Gasteiger partial charge in [0.2, 0.25) is 5.91 Å². The van der Waals surface area contributed by atoms with Crippen LogP contribution in [0.3, 0.4) is 0 Å². The van der Waals surface area contributed by atoms with Gasteiger partial charge in [0, 0.05) is 13.0 Å². The maximum atomic E-state index is 11.5. The van der Waals surface area contributed by atoms with Gasteiger partial charge in [0.1, 0.15) is 0 Å². The SMILES string of the molecule is C=C/C(=C\C=C/C)CCC(=O)NCCCCC[O-].[K+]. The normalized spacial score (nSPS) is 11.2. The van der Waals surface area contributed by atoms with Crippen LogP contribution in [-0.2, 0) is 4.79 Å². The van der Waals surface area contributed by atoms with Crippen LogP contribution in [0.2, 0.25) is 0 Å². The molecule has 0 atom stereocenters. The summed E-state index contributed by atoms with van der Waals surface area (Å²) in [5, 5.41) is 13.1. The van der Waals surface area contributed by atoms with Gasteiger partial charge < -0.3 is 10.4 Å². The Balaban J connectivity index is 0. The first-order valence-electron chi connectivity index (χ1n) is 6.53. The molecule has 0 aliphatic rings. The Morgan fingerprint density at radius 2 is 2.00 bits per heavy atom. The van der Waals surface area contributed by atoms with Crippen LogP contribution >= 0.6 is 0 Å². The van der Waals surface area contributed by atoms with E-state index in [1.807, 2.05) is 25.2 Å². The summed E-state index contributed by atoms with van der Waals surface area (Å²) in [7, 11) is 0. The van der Waals surface area contributed by atoms with Gasteiger partial charge in [0.25, 0.3) is 0 Å². The van der Waals surface area contributed by atoms with Crippen molar-refractivity contribution in [2.24, 2.45) is 0 Å². The summed E-state index contributed by atoms with van der Waals surface area (Å²) in [4.78, 5) is 11.5. The molecule has 0 saturated carbocycles. The van der Waals surface area contributed by atoms with E-state index in [9.17, 15) is 9.90 Å². The summed E-state index contributed by atoms with van der Waals surface area (Å²) in [6.45, 7) is 6.32. The van der Waals surface area contributed by atoms with Crippen molar-refractivity contribution in [3.63, 3.8) is 0 Å². The minimum atomic E-state index is -0.0214. The molecule has 0 bridgehead atoms. The third-order valence-electron chi connectivity index (χ3n) is 2.55. The summed E-state index contributed by atoms with van der Waals surface area (Å²) in [5.41, 5.74) is 1.06. The Kier molecular flexibility index (Phi) is 18.6. The largest absolute Gasteiger partial charge is 1.00 e. The van der Waals surface area contributed by atoms with E-state index in [0.717, 1.165) is 18.4 Å². The number of unbranched alkanes of at least 4 members (excludes halogenated alkanes) is 2. The molecule has 0 aliphatic heterocycles. The van der Waals surface area contributed by atoms with E-state index in [0.29, 0.717) is 25.8 Å². The predicted octanol–water partition coefficient (Wildman–Crippen LogP) is -0.894. The zero-order valence-electron chi connectivity index (χ0n) is 12.3. The molecule has 3 nitrogen and oxygen atoms in total. The van der Waals surface area contributed by atoms with Crippen molar-refractivity contribution in [3.05, 3.63) is 36.5 Å². The summed E-state index contributed by atoms with van der Waals surface area (Å²) < 4.78 is 0. The van der Waals surface area contributed by atoms with Gasteiger partial charge in [-0.25, -0.2) is 0 Å². The molecule has 19 heavy (non-hydrogen) atoms. The van der Waals surface area contributed by atoms with Crippen LogP contribution in [-0.4, -0.2) is 19.1 Å². The second-order valence-electron chi connectivity index (χ2n) is 4.09. The molecule has 0 spiro atoms. The molecule has 0 aliphatic carbocycles. The molecule has 1 N–H and O–H groups in total. The monoisotopic (exact) mass is 289 g/mol. The molecule has 0 fully saturated rings. The quantitative estimate of drug-likeness (QED) is 0.322. The Morgan fingerprint density at radius 3 is 2.58 bits per heavy atom. The van der Waals surface area contributed by atoms with Crippen LogP contribution in [0.15, 0.2) is 36.5 Å². The van der Waals surface area contributed by atoms with Gasteiger partial charge in [-0.3, -0.25) is 4.79 Å². The second kappa shape index (κ2) is 16.3. The van der Waals surface area contributed by atoms with E-state index in [1.165, 1.54) is 0 Å². The molecule has 1 amide bonds. The Hall–Kier alpha value is 0.286. The topological polar surface area (TPSA) is 52.2 Å².